The molecular weight excluding hydrogens is 337 g/mol. The summed E-state index contributed by atoms with van der Waals surface area (Å²) in [6.45, 7) is 2.78. The van der Waals surface area contributed by atoms with Crippen molar-refractivity contribution in [2.75, 3.05) is 12.8 Å². The van der Waals surface area contributed by atoms with Gasteiger partial charge in [-0.2, -0.15) is 11.8 Å². The van der Waals surface area contributed by atoms with Gasteiger partial charge in [0.25, 0.3) is 5.91 Å². The number of furan rings is 1. The molecule has 1 aromatic heterocycles. The van der Waals surface area contributed by atoms with Gasteiger partial charge in [0.15, 0.2) is 5.76 Å². The molecule has 0 unspecified atom stereocenters. The average molecular weight is 357 g/mol. The molecule has 0 fully saturated rings. The maximum absolute atomic E-state index is 13.4. The minimum absolute atomic E-state index is 0.160. The van der Waals surface area contributed by atoms with Gasteiger partial charge in [-0.15, -0.1) is 0 Å². The highest BCUT2D eigenvalue weighted by molar-refractivity contribution is 7.97. The van der Waals surface area contributed by atoms with E-state index in [2.05, 4.69) is 0 Å². The maximum Gasteiger partial charge on any atom is 0.290 e. The number of amides is 1. The van der Waals surface area contributed by atoms with Gasteiger partial charge in [-0.1, -0.05) is 30.3 Å². The third-order valence-electron chi connectivity index (χ3n) is 4.11. The van der Waals surface area contributed by atoms with Crippen LogP contribution in [0.3, 0.4) is 0 Å². The van der Waals surface area contributed by atoms with E-state index < -0.39 is 0 Å². The molecule has 0 atom stereocenters. The fourth-order valence-corrected chi connectivity index (χ4v) is 3.46. The standard InChI is InChI=1S/C20H20FNO2S/c1-3-22(12-14-7-6-8-15(21)11-14)20(23)19-17(13-25-2)16-9-4-5-10-18(16)24-19/h4-11H,3,12-13H2,1-2H3. The highest BCUT2D eigenvalue weighted by Crippen LogP contribution is 2.30. The minimum atomic E-state index is -0.298. The van der Waals surface area contributed by atoms with Crippen molar-refractivity contribution in [2.24, 2.45) is 0 Å². The first-order chi connectivity index (χ1) is 12.1. The molecule has 0 aliphatic carbocycles. The quantitative estimate of drug-likeness (QED) is 0.615. The first-order valence-corrected chi connectivity index (χ1v) is 9.56. The number of halogens is 1. The SMILES string of the molecule is CCN(Cc1cccc(F)c1)C(=O)c1oc2ccccc2c1CSC. The third-order valence-corrected chi connectivity index (χ3v) is 4.69. The van der Waals surface area contributed by atoms with Crippen LogP contribution in [0.15, 0.2) is 52.9 Å². The summed E-state index contributed by atoms with van der Waals surface area (Å²) in [5.74, 6) is 0.629. The van der Waals surface area contributed by atoms with E-state index in [0.29, 0.717) is 24.6 Å². The Morgan fingerprint density at radius 2 is 2.00 bits per heavy atom. The van der Waals surface area contributed by atoms with Crippen LogP contribution in [0.2, 0.25) is 0 Å². The van der Waals surface area contributed by atoms with Crippen LogP contribution in [0.5, 0.6) is 0 Å². The minimum Gasteiger partial charge on any atom is -0.451 e. The van der Waals surface area contributed by atoms with E-state index in [1.54, 1.807) is 22.7 Å². The van der Waals surface area contributed by atoms with E-state index in [-0.39, 0.29) is 11.7 Å². The highest BCUT2D eigenvalue weighted by Gasteiger charge is 2.24. The number of rotatable bonds is 6. The first-order valence-electron chi connectivity index (χ1n) is 8.17. The number of benzene rings is 2. The molecule has 5 heteroatoms. The van der Waals surface area contributed by atoms with Crippen molar-refractivity contribution in [2.45, 2.75) is 19.2 Å². The Kier molecular flexibility index (Phi) is 5.43. The molecule has 0 N–H and O–H groups in total. The Labute approximate surface area is 150 Å². The van der Waals surface area contributed by atoms with E-state index in [1.807, 2.05) is 43.5 Å². The zero-order valence-corrected chi connectivity index (χ0v) is 15.1. The summed E-state index contributed by atoms with van der Waals surface area (Å²) >= 11 is 1.65. The van der Waals surface area contributed by atoms with Gasteiger partial charge in [-0.3, -0.25) is 4.79 Å². The Hall–Kier alpha value is -2.27. The van der Waals surface area contributed by atoms with Crippen molar-refractivity contribution in [3.05, 3.63) is 71.2 Å². The predicted octanol–water partition coefficient (Wildman–Crippen LogP) is 5.10. The summed E-state index contributed by atoms with van der Waals surface area (Å²) in [4.78, 5) is 14.7. The zero-order valence-electron chi connectivity index (χ0n) is 14.3. The topological polar surface area (TPSA) is 33.5 Å². The van der Waals surface area contributed by atoms with Crippen molar-refractivity contribution in [1.82, 2.24) is 4.90 Å². The van der Waals surface area contributed by atoms with E-state index in [0.717, 1.165) is 22.1 Å². The molecule has 1 heterocycles. The molecule has 0 aliphatic heterocycles. The van der Waals surface area contributed by atoms with E-state index in [4.69, 9.17) is 4.42 Å². The van der Waals surface area contributed by atoms with Crippen molar-refractivity contribution >= 4 is 28.6 Å². The molecule has 0 saturated heterocycles. The van der Waals surface area contributed by atoms with Crippen LogP contribution in [-0.2, 0) is 12.3 Å². The van der Waals surface area contributed by atoms with Crippen molar-refractivity contribution in [3.8, 4) is 0 Å². The Morgan fingerprint density at radius 3 is 2.72 bits per heavy atom. The lowest BCUT2D eigenvalue weighted by Crippen LogP contribution is -2.30. The monoisotopic (exact) mass is 357 g/mol. The fraction of sp³-hybridized carbons (Fsp3) is 0.250. The Bertz CT molecular complexity index is 890. The molecule has 1 amide bonds. The second-order valence-electron chi connectivity index (χ2n) is 5.79. The van der Waals surface area contributed by atoms with Gasteiger partial charge < -0.3 is 9.32 Å². The number of carbonyl (C=O) groups is 1. The van der Waals surface area contributed by atoms with Crippen LogP contribution in [0.1, 0.15) is 28.6 Å². The van der Waals surface area contributed by atoms with Crippen LogP contribution in [0.4, 0.5) is 4.39 Å². The molecule has 0 aliphatic rings. The molecule has 0 saturated carbocycles. The fourth-order valence-electron chi connectivity index (χ4n) is 2.89. The van der Waals surface area contributed by atoms with Crippen LogP contribution < -0.4 is 0 Å². The van der Waals surface area contributed by atoms with Gasteiger partial charge in [0, 0.05) is 29.8 Å². The lowest BCUT2D eigenvalue weighted by molar-refractivity contribution is 0.0721. The molecule has 2 aromatic carbocycles. The molecular formula is C20H20FNO2S. The second kappa shape index (κ2) is 7.74. The molecule has 3 aromatic rings. The highest BCUT2D eigenvalue weighted by atomic mass is 32.2. The molecule has 0 radical (unpaired) electrons. The van der Waals surface area contributed by atoms with E-state index in [1.165, 1.54) is 12.1 Å². The lowest BCUT2D eigenvalue weighted by Gasteiger charge is -2.20. The van der Waals surface area contributed by atoms with Gasteiger partial charge in [0.1, 0.15) is 11.4 Å². The number of nitrogens with zero attached hydrogens (tertiary/aromatic N) is 1. The number of hydrogen-bond donors (Lipinski definition) is 0. The normalized spacial score (nSPS) is 11.0. The van der Waals surface area contributed by atoms with Crippen LogP contribution in [0, 0.1) is 5.82 Å². The summed E-state index contributed by atoms with van der Waals surface area (Å²) in [6.07, 6.45) is 2.00. The van der Waals surface area contributed by atoms with Crippen LogP contribution >= 0.6 is 11.8 Å². The van der Waals surface area contributed by atoms with Crippen molar-refractivity contribution < 1.29 is 13.6 Å². The summed E-state index contributed by atoms with van der Waals surface area (Å²) in [6, 6.07) is 14.0. The van der Waals surface area contributed by atoms with E-state index in [9.17, 15) is 9.18 Å². The van der Waals surface area contributed by atoms with Crippen LogP contribution in [0.25, 0.3) is 11.0 Å². The molecule has 3 nitrogen and oxygen atoms in total. The summed E-state index contributed by atoms with van der Waals surface area (Å²) < 4.78 is 19.3. The summed E-state index contributed by atoms with van der Waals surface area (Å²) in [5, 5.41) is 0.974. The van der Waals surface area contributed by atoms with Crippen molar-refractivity contribution in [1.29, 1.82) is 0 Å². The molecule has 0 bridgehead atoms. The van der Waals surface area contributed by atoms with Crippen molar-refractivity contribution in [3.63, 3.8) is 0 Å². The van der Waals surface area contributed by atoms with Gasteiger partial charge >= 0.3 is 0 Å². The average Bonchev–Trinajstić information content (AvgIpc) is 2.98. The summed E-state index contributed by atoms with van der Waals surface area (Å²) in [5.41, 5.74) is 2.40. The second-order valence-corrected chi connectivity index (χ2v) is 6.65. The molecule has 0 spiro atoms. The number of hydrogen-bond acceptors (Lipinski definition) is 3. The van der Waals surface area contributed by atoms with E-state index >= 15 is 0 Å². The number of fused-ring (bicyclic) bond motifs is 1. The largest absolute Gasteiger partial charge is 0.451 e. The smallest absolute Gasteiger partial charge is 0.290 e. The number of thioether (sulfide) groups is 1. The predicted molar refractivity (Wildman–Crippen MR) is 100 cm³/mol. The molecule has 130 valence electrons. The Balaban J connectivity index is 1.95. The molecule has 25 heavy (non-hydrogen) atoms. The summed E-state index contributed by atoms with van der Waals surface area (Å²) in [7, 11) is 0. The number of para-hydroxylation sites is 1. The van der Waals surface area contributed by atoms with Crippen LogP contribution in [-0.4, -0.2) is 23.6 Å². The number of carbonyl (C=O) groups excluding carboxylic acids is 1. The van der Waals surface area contributed by atoms with Gasteiger partial charge in [0.2, 0.25) is 0 Å². The Morgan fingerprint density at radius 1 is 1.20 bits per heavy atom. The van der Waals surface area contributed by atoms with Gasteiger partial charge in [0.05, 0.1) is 0 Å². The maximum atomic E-state index is 13.4. The lowest BCUT2D eigenvalue weighted by atomic mass is 10.1. The zero-order chi connectivity index (χ0) is 17.8. The third kappa shape index (κ3) is 3.71. The molecule has 3 rings (SSSR count). The van der Waals surface area contributed by atoms with Gasteiger partial charge in [-0.25, -0.2) is 4.39 Å². The first kappa shape index (κ1) is 17.5. The van der Waals surface area contributed by atoms with Gasteiger partial charge in [-0.05, 0) is 36.9 Å².